The highest BCUT2D eigenvalue weighted by atomic mass is 16.5. The number of aliphatic carboxylic acids is 1. The molecular weight excluding hydrogens is 278 g/mol. The van der Waals surface area contributed by atoms with E-state index in [1.165, 1.54) is 6.92 Å². The van der Waals surface area contributed by atoms with Crippen LogP contribution in [0, 0.1) is 0 Å². The van der Waals surface area contributed by atoms with E-state index in [1.807, 2.05) is 60.7 Å². The van der Waals surface area contributed by atoms with E-state index in [2.05, 4.69) is 4.98 Å². The average Bonchev–Trinajstić information content (AvgIpc) is 2.55. The van der Waals surface area contributed by atoms with Gasteiger partial charge in [0.1, 0.15) is 0 Å². The van der Waals surface area contributed by atoms with Gasteiger partial charge in [0.05, 0.1) is 5.69 Å². The van der Waals surface area contributed by atoms with Gasteiger partial charge in [-0.25, -0.2) is 9.78 Å². The molecule has 1 aromatic heterocycles. The molecular formula is C18H15NO3. The lowest BCUT2D eigenvalue weighted by Crippen LogP contribution is -2.23. The maximum absolute atomic E-state index is 11.0. The third-order valence-electron chi connectivity index (χ3n) is 3.41. The molecule has 4 nitrogen and oxygen atoms in total. The second kappa shape index (κ2) is 5.85. The second-order valence-electron chi connectivity index (χ2n) is 5.00. The van der Waals surface area contributed by atoms with E-state index in [0.29, 0.717) is 5.88 Å². The standard InChI is InChI=1S/C18H15NO3/c1-12(18(20)21)22-17-15-10-6-5-9-14(15)11-16(19-17)13-7-3-2-4-8-13/h2-12H,1H3,(H,20,21). The minimum atomic E-state index is -1.02. The Balaban J connectivity index is 2.14. The van der Waals surface area contributed by atoms with Gasteiger partial charge in [0, 0.05) is 10.9 Å². The molecule has 1 N–H and O–H groups in total. The quantitative estimate of drug-likeness (QED) is 0.795. The maximum Gasteiger partial charge on any atom is 0.344 e. The number of ether oxygens (including phenoxy) is 1. The molecule has 110 valence electrons. The molecule has 0 amide bonds. The SMILES string of the molecule is CC(Oc1nc(-c2ccccc2)cc2ccccc12)C(=O)O. The van der Waals surface area contributed by atoms with Gasteiger partial charge >= 0.3 is 5.97 Å². The predicted molar refractivity (Wildman–Crippen MR) is 84.9 cm³/mol. The first-order valence-electron chi connectivity index (χ1n) is 7.00. The summed E-state index contributed by atoms with van der Waals surface area (Å²) in [6.07, 6.45) is -0.957. The topological polar surface area (TPSA) is 59.4 Å². The third-order valence-corrected chi connectivity index (χ3v) is 3.41. The van der Waals surface area contributed by atoms with Gasteiger partial charge in [-0.1, -0.05) is 48.5 Å². The number of aromatic nitrogens is 1. The van der Waals surface area contributed by atoms with Crippen LogP contribution >= 0.6 is 0 Å². The molecule has 4 heteroatoms. The summed E-state index contributed by atoms with van der Waals surface area (Å²) in [6, 6.07) is 19.4. The fraction of sp³-hybridized carbons (Fsp3) is 0.111. The summed E-state index contributed by atoms with van der Waals surface area (Å²) in [5.74, 6) is -0.678. The van der Waals surface area contributed by atoms with Crippen molar-refractivity contribution < 1.29 is 14.6 Å². The van der Waals surface area contributed by atoms with Crippen LogP contribution in [0.2, 0.25) is 0 Å². The van der Waals surface area contributed by atoms with Crippen molar-refractivity contribution in [1.82, 2.24) is 4.98 Å². The van der Waals surface area contributed by atoms with Crippen LogP contribution in [0.4, 0.5) is 0 Å². The summed E-state index contributed by atoms with van der Waals surface area (Å²) >= 11 is 0. The monoisotopic (exact) mass is 293 g/mol. The Morgan fingerprint density at radius 3 is 2.50 bits per heavy atom. The molecule has 1 atom stereocenters. The number of rotatable bonds is 4. The second-order valence-corrected chi connectivity index (χ2v) is 5.00. The Hall–Kier alpha value is -2.88. The predicted octanol–water partition coefficient (Wildman–Crippen LogP) is 3.75. The molecule has 0 saturated heterocycles. The van der Waals surface area contributed by atoms with Crippen molar-refractivity contribution in [3.05, 3.63) is 60.7 Å². The molecule has 0 aliphatic heterocycles. The summed E-state index contributed by atoms with van der Waals surface area (Å²) < 4.78 is 5.54. The molecule has 0 bridgehead atoms. The van der Waals surface area contributed by atoms with Crippen LogP contribution in [0.1, 0.15) is 6.92 Å². The minimum Gasteiger partial charge on any atom is -0.479 e. The fourth-order valence-electron chi connectivity index (χ4n) is 2.23. The molecule has 1 unspecified atom stereocenters. The molecule has 0 saturated carbocycles. The highest BCUT2D eigenvalue weighted by Gasteiger charge is 2.16. The van der Waals surface area contributed by atoms with E-state index in [4.69, 9.17) is 9.84 Å². The van der Waals surface area contributed by atoms with Crippen molar-refractivity contribution in [2.75, 3.05) is 0 Å². The van der Waals surface area contributed by atoms with E-state index in [0.717, 1.165) is 22.0 Å². The van der Waals surface area contributed by atoms with Gasteiger partial charge in [-0.3, -0.25) is 0 Å². The lowest BCUT2D eigenvalue weighted by atomic mass is 10.1. The van der Waals surface area contributed by atoms with Crippen LogP contribution in [0.15, 0.2) is 60.7 Å². The maximum atomic E-state index is 11.0. The molecule has 22 heavy (non-hydrogen) atoms. The molecule has 3 rings (SSSR count). The summed E-state index contributed by atoms with van der Waals surface area (Å²) in [5.41, 5.74) is 1.72. The lowest BCUT2D eigenvalue weighted by Gasteiger charge is -2.13. The molecule has 3 aromatic rings. The van der Waals surface area contributed by atoms with Crippen LogP contribution in [0.5, 0.6) is 5.88 Å². The van der Waals surface area contributed by atoms with E-state index < -0.39 is 12.1 Å². The first kappa shape index (κ1) is 14.1. The fourth-order valence-corrected chi connectivity index (χ4v) is 2.23. The Bertz CT molecular complexity index is 815. The van der Waals surface area contributed by atoms with Gasteiger partial charge in [-0.15, -0.1) is 0 Å². The van der Waals surface area contributed by atoms with E-state index in [-0.39, 0.29) is 0 Å². The van der Waals surface area contributed by atoms with Crippen LogP contribution in [0.3, 0.4) is 0 Å². The van der Waals surface area contributed by atoms with Gasteiger partial charge < -0.3 is 9.84 Å². The normalized spacial score (nSPS) is 12.0. The van der Waals surface area contributed by atoms with Crippen molar-refractivity contribution in [2.45, 2.75) is 13.0 Å². The number of benzene rings is 2. The number of carboxylic acid groups (broad SMARTS) is 1. The third kappa shape index (κ3) is 2.76. The van der Waals surface area contributed by atoms with Crippen molar-refractivity contribution in [3.8, 4) is 17.1 Å². The number of hydrogen-bond donors (Lipinski definition) is 1. The van der Waals surface area contributed by atoms with Crippen LogP contribution in [0.25, 0.3) is 22.0 Å². The zero-order valence-corrected chi connectivity index (χ0v) is 12.1. The van der Waals surface area contributed by atoms with Crippen molar-refractivity contribution >= 4 is 16.7 Å². The van der Waals surface area contributed by atoms with E-state index >= 15 is 0 Å². The summed E-state index contributed by atoms with van der Waals surface area (Å²) in [6.45, 7) is 1.49. The molecule has 0 aliphatic carbocycles. The number of carboxylic acids is 1. The minimum absolute atomic E-state index is 0.340. The highest BCUT2D eigenvalue weighted by Crippen LogP contribution is 2.29. The smallest absolute Gasteiger partial charge is 0.344 e. The van der Waals surface area contributed by atoms with Crippen molar-refractivity contribution in [2.24, 2.45) is 0 Å². The number of carbonyl (C=O) groups is 1. The first-order valence-corrected chi connectivity index (χ1v) is 7.00. The number of fused-ring (bicyclic) bond motifs is 1. The van der Waals surface area contributed by atoms with E-state index in [9.17, 15) is 4.79 Å². The van der Waals surface area contributed by atoms with Gasteiger partial charge in [0.25, 0.3) is 0 Å². The van der Waals surface area contributed by atoms with Gasteiger partial charge in [-0.05, 0) is 24.4 Å². The summed E-state index contributed by atoms with van der Waals surface area (Å²) in [7, 11) is 0. The van der Waals surface area contributed by atoms with E-state index in [1.54, 1.807) is 0 Å². The number of hydrogen-bond acceptors (Lipinski definition) is 3. The zero-order chi connectivity index (χ0) is 15.5. The molecule has 0 fully saturated rings. The Kier molecular flexibility index (Phi) is 3.74. The highest BCUT2D eigenvalue weighted by molar-refractivity contribution is 5.90. The summed E-state index contributed by atoms with van der Waals surface area (Å²) in [5, 5.41) is 10.8. The number of pyridine rings is 1. The average molecular weight is 293 g/mol. The molecule has 0 radical (unpaired) electrons. The van der Waals surface area contributed by atoms with Crippen molar-refractivity contribution in [1.29, 1.82) is 0 Å². The Morgan fingerprint density at radius 1 is 1.09 bits per heavy atom. The van der Waals surface area contributed by atoms with Gasteiger partial charge in [0.15, 0.2) is 6.10 Å². The van der Waals surface area contributed by atoms with Gasteiger partial charge in [0.2, 0.25) is 5.88 Å². The first-order chi connectivity index (χ1) is 10.6. The molecule has 2 aromatic carbocycles. The largest absolute Gasteiger partial charge is 0.479 e. The number of nitrogens with zero attached hydrogens (tertiary/aromatic N) is 1. The zero-order valence-electron chi connectivity index (χ0n) is 12.1. The van der Waals surface area contributed by atoms with Crippen LogP contribution in [-0.4, -0.2) is 22.2 Å². The lowest BCUT2D eigenvalue weighted by molar-refractivity contribution is -0.144. The van der Waals surface area contributed by atoms with Crippen LogP contribution < -0.4 is 4.74 Å². The Labute approximate surface area is 128 Å². The molecule has 0 spiro atoms. The molecule has 1 heterocycles. The Morgan fingerprint density at radius 2 is 1.77 bits per heavy atom. The van der Waals surface area contributed by atoms with Gasteiger partial charge in [-0.2, -0.15) is 0 Å². The van der Waals surface area contributed by atoms with Crippen molar-refractivity contribution in [3.63, 3.8) is 0 Å². The summed E-state index contributed by atoms with van der Waals surface area (Å²) in [4.78, 5) is 15.5. The molecule has 0 aliphatic rings. The van der Waals surface area contributed by atoms with Crippen LogP contribution in [-0.2, 0) is 4.79 Å².